The lowest BCUT2D eigenvalue weighted by Gasteiger charge is -2.20. The van der Waals surface area contributed by atoms with Crippen LogP contribution in [0.5, 0.6) is 0 Å². The standard InChI is InChI=1S/C35H24/c1-2-14-30-31(15-3-1)35(29-21-19-25-11-5-7-13-27(25)23-29)33-17-9-8-16-32(33)34(30)28-20-18-24-10-4-6-12-26(24)22-28/h2-23H,1H2. The summed E-state index contributed by atoms with van der Waals surface area (Å²) in [4.78, 5) is 0. The zero-order valence-corrected chi connectivity index (χ0v) is 19.4. The topological polar surface area (TPSA) is 0 Å². The highest BCUT2D eigenvalue weighted by Gasteiger charge is 2.20. The van der Waals surface area contributed by atoms with Crippen LogP contribution in [-0.4, -0.2) is 0 Å². The first-order valence-electron chi connectivity index (χ1n) is 12.3. The fraction of sp³-hybridized carbons (Fsp3) is 0.0286. The maximum absolute atomic E-state index is 2.34. The summed E-state index contributed by atoms with van der Waals surface area (Å²) >= 11 is 0. The molecule has 164 valence electrons. The SMILES string of the molecule is C1=Cc2c(c(-c3ccc4ccccc4c3)c3ccccc3c2-c2ccc3ccccc3c2)C=CC1. The zero-order valence-electron chi connectivity index (χ0n) is 19.4. The van der Waals surface area contributed by atoms with E-state index in [1.54, 1.807) is 0 Å². The maximum atomic E-state index is 2.34. The number of fused-ring (bicyclic) bond motifs is 4. The third-order valence-electron chi connectivity index (χ3n) is 7.21. The molecule has 0 heteroatoms. The lowest BCUT2D eigenvalue weighted by atomic mass is 9.83. The fourth-order valence-electron chi connectivity index (χ4n) is 5.59. The third kappa shape index (κ3) is 3.30. The van der Waals surface area contributed by atoms with Gasteiger partial charge in [-0.1, -0.05) is 121 Å². The number of benzene rings is 6. The summed E-state index contributed by atoms with van der Waals surface area (Å²) in [5.41, 5.74) is 7.76. The van der Waals surface area contributed by atoms with Gasteiger partial charge in [-0.2, -0.15) is 0 Å². The molecule has 6 aromatic rings. The molecule has 0 saturated carbocycles. The van der Waals surface area contributed by atoms with Crippen molar-refractivity contribution >= 4 is 44.5 Å². The van der Waals surface area contributed by atoms with Gasteiger partial charge in [0.1, 0.15) is 0 Å². The van der Waals surface area contributed by atoms with Crippen LogP contribution in [0, 0.1) is 0 Å². The molecule has 35 heavy (non-hydrogen) atoms. The molecule has 0 N–H and O–H groups in total. The zero-order chi connectivity index (χ0) is 23.2. The highest BCUT2D eigenvalue weighted by molar-refractivity contribution is 6.13. The van der Waals surface area contributed by atoms with E-state index in [4.69, 9.17) is 0 Å². The van der Waals surface area contributed by atoms with E-state index in [0.717, 1.165) is 6.42 Å². The van der Waals surface area contributed by atoms with Crippen LogP contribution in [0.3, 0.4) is 0 Å². The van der Waals surface area contributed by atoms with E-state index >= 15 is 0 Å². The molecule has 0 aromatic heterocycles. The second-order valence-electron chi connectivity index (χ2n) is 9.29. The molecule has 0 bridgehead atoms. The molecule has 0 amide bonds. The van der Waals surface area contributed by atoms with Crippen LogP contribution in [0.4, 0.5) is 0 Å². The average molecular weight is 445 g/mol. The van der Waals surface area contributed by atoms with Gasteiger partial charge in [0.15, 0.2) is 0 Å². The molecule has 0 aliphatic heterocycles. The number of hydrogen-bond acceptors (Lipinski definition) is 0. The minimum absolute atomic E-state index is 0.944. The van der Waals surface area contributed by atoms with E-state index in [0.29, 0.717) is 0 Å². The molecule has 7 rings (SSSR count). The smallest absolute Gasteiger partial charge is 0.00263 e. The van der Waals surface area contributed by atoms with E-state index in [2.05, 4.69) is 133 Å². The maximum Gasteiger partial charge on any atom is -0.00263 e. The van der Waals surface area contributed by atoms with Crippen molar-refractivity contribution in [3.8, 4) is 22.3 Å². The number of allylic oxidation sites excluding steroid dienone is 2. The van der Waals surface area contributed by atoms with Gasteiger partial charge in [-0.15, -0.1) is 0 Å². The van der Waals surface area contributed by atoms with Gasteiger partial charge in [0, 0.05) is 0 Å². The van der Waals surface area contributed by atoms with Crippen LogP contribution in [0.15, 0.2) is 121 Å². The average Bonchev–Trinajstić information content (AvgIpc) is 3.17. The highest BCUT2D eigenvalue weighted by atomic mass is 14.2. The highest BCUT2D eigenvalue weighted by Crippen LogP contribution is 2.45. The van der Waals surface area contributed by atoms with Crippen LogP contribution in [-0.2, 0) is 0 Å². The van der Waals surface area contributed by atoms with E-state index < -0.39 is 0 Å². The summed E-state index contributed by atoms with van der Waals surface area (Å²) in [6, 6.07) is 39.9. The van der Waals surface area contributed by atoms with E-state index in [1.165, 1.54) is 65.7 Å². The molecule has 0 spiro atoms. The van der Waals surface area contributed by atoms with Gasteiger partial charge in [-0.3, -0.25) is 0 Å². The lowest BCUT2D eigenvalue weighted by Crippen LogP contribution is -1.96. The Kier molecular flexibility index (Phi) is 4.63. The molecule has 0 atom stereocenters. The Morgan fingerprint density at radius 2 is 0.829 bits per heavy atom. The summed E-state index contributed by atoms with van der Waals surface area (Å²) in [7, 11) is 0. The first-order chi connectivity index (χ1) is 17.4. The molecule has 6 aromatic carbocycles. The van der Waals surface area contributed by atoms with Crippen molar-refractivity contribution in [2.45, 2.75) is 6.42 Å². The van der Waals surface area contributed by atoms with Crippen molar-refractivity contribution in [3.05, 3.63) is 132 Å². The molecule has 1 aliphatic carbocycles. The predicted octanol–water partition coefficient (Wildman–Crippen LogP) is 9.91. The van der Waals surface area contributed by atoms with Crippen LogP contribution >= 0.6 is 0 Å². The molecule has 1 aliphatic rings. The first kappa shape index (κ1) is 20.0. The van der Waals surface area contributed by atoms with Crippen LogP contribution in [0.2, 0.25) is 0 Å². The predicted molar refractivity (Wildman–Crippen MR) is 153 cm³/mol. The van der Waals surface area contributed by atoms with Gasteiger partial charge in [0.25, 0.3) is 0 Å². The van der Waals surface area contributed by atoms with E-state index in [1.807, 2.05) is 0 Å². The first-order valence-corrected chi connectivity index (χ1v) is 12.3. The van der Waals surface area contributed by atoms with Gasteiger partial charge >= 0.3 is 0 Å². The van der Waals surface area contributed by atoms with Gasteiger partial charge in [-0.05, 0) is 84.3 Å². The van der Waals surface area contributed by atoms with E-state index in [-0.39, 0.29) is 0 Å². The molecular formula is C35H24. The lowest BCUT2D eigenvalue weighted by molar-refractivity contribution is 1.44. The van der Waals surface area contributed by atoms with E-state index in [9.17, 15) is 0 Å². The molecule has 0 unspecified atom stereocenters. The molecule has 0 saturated heterocycles. The molecule has 0 radical (unpaired) electrons. The van der Waals surface area contributed by atoms with Crippen LogP contribution in [0.1, 0.15) is 17.5 Å². The van der Waals surface area contributed by atoms with Gasteiger partial charge in [0.05, 0.1) is 0 Å². The number of rotatable bonds is 2. The Bertz CT molecular complexity index is 1680. The van der Waals surface area contributed by atoms with Gasteiger partial charge < -0.3 is 0 Å². The largest absolute Gasteiger partial charge is 0.0801 e. The third-order valence-corrected chi connectivity index (χ3v) is 7.21. The Balaban J connectivity index is 1.60. The van der Waals surface area contributed by atoms with Crippen LogP contribution < -0.4 is 0 Å². The minimum Gasteiger partial charge on any atom is -0.0801 e. The Labute approximate surface area is 205 Å². The Hall–Kier alpha value is -4.42. The second-order valence-corrected chi connectivity index (χ2v) is 9.29. The summed E-state index contributed by atoms with van der Waals surface area (Å²) in [6.07, 6.45) is 10.2. The summed E-state index contributed by atoms with van der Waals surface area (Å²) < 4.78 is 0. The molecule has 0 nitrogen and oxygen atoms in total. The van der Waals surface area contributed by atoms with Crippen molar-refractivity contribution in [3.63, 3.8) is 0 Å². The van der Waals surface area contributed by atoms with Crippen molar-refractivity contribution < 1.29 is 0 Å². The normalized spacial score (nSPS) is 12.8. The van der Waals surface area contributed by atoms with Gasteiger partial charge in [0.2, 0.25) is 0 Å². The second kappa shape index (κ2) is 8.11. The summed E-state index contributed by atoms with van der Waals surface area (Å²) in [5.74, 6) is 0. The minimum atomic E-state index is 0.944. The monoisotopic (exact) mass is 444 g/mol. The summed E-state index contributed by atoms with van der Waals surface area (Å²) in [5, 5.41) is 7.68. The quantitative estimate of drug-likeness (QED) is 0.249. The molecule has 0 fully saturated rings. The fourth-order valence-corrected chi connectivity index (χ4v) is 5.59. The van der Waals surface area contributed by atoms with Crippen molar-refractivity contribution in [1.82, 2.24) is 0 Å². The Morgan fingerprint density at radius 3 is 1.31 bits per heavy atom. The van der Waals surface area contributed by atoms with Crippen molar-refractivity contribution in [1.29, 1.82) is 0 Å². The summed E-state index contributed by atoms with van der Waals surface area (Å²) in [6.45, 7) is 0. The van der Waals surface area contributed by atoms with Crippen molar-refractivity contribution in [2.24, 2.45) is 0 Å². The molecule has 0 heterocycles. The number of hydrogen-bond donors (Lipinski definition) is 0. The Morgan fingerprint density at radius 1 is 0.400 bits per heavy atom. The van der Waals surface area contributed by atoms with Crippen LogP contribution in [0.25, 0.3) is 66.7 Å². The van der Waals surface area contributed by atoms with Crippen molar-refractivity contribution in [2.75, 3.05) is 0 Å². The molecular weight excluding hydrogens is 420 g/mol. The van der Waals surface area contributed by atoms with Gasteiger partial charge in [-0.25, -0.2) is 0 Å².